The molecule has 0 saturated carbocycles. The van der Waals surface area contributed by atoms with Crippen molar-refractivity contribution in [3.8, 4) is 0 Å². The molecule has 2 aromatic rings. The fraction of sp³-hybridized carbons (Fsp3) is 0.333. The summed E-state index contributed by atoms with van der Waals surface area (Å²) < 4.78 is 0. The topological polar surface area (TPSA) is 74.2 Å². The summed E-state index contributed by atoms with van der Waals surface area (Å²) in [6, 6.07) is 9.91. The van der Waals surface area contributed by atoms with Gasteiger partial charge >= 0.3 is 0 Å². The van der Waals surface area contributed by atoms with Crippen molar-refractivity contribution in [3.63, 3.8) is 0 Å². The number of nitrogens with one attached hydrogen (secondary N) is 2. The lowest BCUT2D eigenvalue weighted by Crippen LogP contribution is -2.37. The highest BCUT2D eigenvalue weighted by Crippen LogP contribution is 2.38. The zero-order chi connectivity index (χ0) is 16.4. The Morgan fingerprint density at radius 2 is 2.00 bits per heavy atom. The minimum absolute atomic E-state index is 0.0516. The average molecular weight is 311 g/mol. The molecule has 23 heavy (non-hydrogen) atoms. The minimum atomic E-state index is -0.472. The number of carbonyl (C=O) groups excluding carboxylic acids is 1. The monoisotopic (exact) mass is 311 g/mol. The third-order valence-electron chi connectivity index (χ3n) is 4.48. The smallest absolute Gasteiger partial charge is 0.274 e. The number of hydroxylamine groups is 1. The molecule has 1 atom stereocenters. The first kappa shape index (κ1) is 15.5. The van der Waals surface area contributed by atoms with E-state index in [1.165, 1.54) is 11.1 Å². The number of hydrogen-bond donors (Lipinski definition) is 3. The van der Waals surface area contributed by atoms with E-state index in [1.807, 2.05) is 24.3 Å². The lowest BCUT2D eigenvalue weighted by Gasteiger charge is -2.38. The molecule has 1 heterocycles. The number of benzene rings is 1. The predicted molar refractivity (Wildman–Crippen MR) is 88.7 cm³/mol. The Hall–Kier alpha value is -2.40. The fourth-order valence-electron chi connectivity index (χ4n) is 3.44. The molecule has 3 N–H and O–H groups in total. The molecule has 5 heteroatoms. The second-order valence-corrected chi connectivity index (χ2v) is 6.68. The summed E-state index contributed by atoms with van der Waals surface area (Å²) in [5, 5.41) is 12.4. The van der Waals surface area contributed by atoms with Gasteiger partial charge in [-0.25, -0.2) is 5.48 Å². The first-order valence-corrected chi connectivity index (χ1v) is 7.74. The zero-order valence-corrected chi connectivity index (χ0v) is 13.3. The molecule has 1 unspecified atom stereocenters. The molecule has 0 radical (unpaired) electrons. The maximum absolute atomic E-state index is 11.6. The standard InChI is InChI=1S/C18H21N3O2/c1-18(2)11-15(20-14-5-7-19-8-6-14)9-12-3-4-13(10-16(12)18)17(22)21-23/h3-8,10,15,23H,9,11H2,1-2H3,(H,19,20)(H,21,22). The Balaban J connectivity index is 1.87. The highest BCUT2D eigenvalue weighted by atomic mass is 16.5. The number of hydrogen-bond acceptors (Lipinski definition) is 4. The second kappa shape index (κ2) is 6.01. The molecule has 0 fully saturated rings. The van der Waals surface area contributed by atoms with Gasteiger partial charge in [-0.05, 0) is 53.6 Å². The molecule has 0 saturated heterocycles. The van der Waals surface area contributed by atoms with Gasteiger partial charge < -0.3 is 5.32 Å². The van der Waals surface area contributed by atoms with Crippen LogP contribution in [-0.4, -0.2) is 22.1 Å². The van der Waals surface area contributed by atoms with Crippen LogP contribution in [0.2, 0.25) is 0 Å². The first-order chi connectivity index (χ1) is 11.0. The van der Waals surface area contributed by atoms with Crippen LogP contribution in [0, 0.1) is 0 Å². The summed E-state index contributed by atoms with van der Waals surface area (Å²) >= 11 is 0. The van der Waals surface area contributed by atoms with Crippen LogP contribution in [0.15, 0.2) is 42.7 Å². The number of pyridine rings is 1. The Labute approximate surface area is 135 Å². The molecule has 120 valence electrons. The molecular formula is C18H21N3O2. The van der Waals surface area contributed by atoms with Crippen LogP contribution in [0.3, 0.4) is 0 Å². The van der Waals surface area contributed by atoms with E-state index in [0.29, 0.717) is 11.6 Å². The van der Waals surface area contributed by atoms with Crippen molar-refractivity contribution >= 4 is 11.6 Å². The number of amides is 1. The van der Waals surface area contributed by atoms with Crippen LogP contribution in [0.1, 0.15) is 41.8 Å². The summed E-state index contributed by atoms with van der Waals surface area (Å²) in [6.45, 7) is 4.37. The van der Waals surface area contributed by atoms with Gasteiger partial charge in [-0.3, -0.25) is 15.0 Å². The molecule has 0 spiro atoms. The molecule has 1 aliphatic carbocycles. The van der Waals surface area contributed by atoms with Crippen LogP contribution in [0.4, 0.5) is 5.69 Å². The maximum Gasteiger partial charge on any atom is 0.274 e. The molecular weight excluding hydrogens is 290 g/mol. The summed E-state index contributed by atoms with van der Waals surface area (Å²) in [5.74, 6) is -0.472. The van der Waals surface area contributed by atoms with E-state index in [0.717, 1.165) is 18.5 Å². The number of nitrogens with zero attached hydrogens (tertiary/aromatic N) is 1. The molecule has 0 aliphatic heterocycles. The van der Waals surface area contributed by atoms with E-state index in [1.54, 1.807) is 23.9 Å². The van der Waals surface area contributed by atoms with E-state index < -0.39 is 5.91 Å². The van der Waals surface area contributed by atoms with Crippen molar-refractivity contribution in [2.24, 2.45) is 0 Å². The van der Waals surface area contributed by atoms with E-state index >= 15 is 0 Å². The van der Waals surface area contributed by atoms with E-state index in [4.69, 9.17) is 5.21 Å². The Morgan fingerprint density at radius 3 is 2.70 bits per heavy atom. The van der Waals surface area contributed by atoms with Gasteiger partial charge in [0.15, 0.2) is 0 Å². The summed E-state index contributed by atoms with van der Waals surface area (Å²) in [6.07, 6.45) is 5.43. The number of rotatable bonds is 3. The summed E-state index contributed by atoms with van der Waals surface area (Å²) in [4.78, 5) is 15.7. The molecule has 1 aliphatic rings. The fourth-order valence-corrected chi connectivity index (χ4v) is 3.44. The van der Waals surface area contributed by atoms with Crippen LogP contribution < -0.4 is 10.8 Å². The highest BCUT2D eigenvalue weighted by Gasteiger charge is 2.33. The van der Waals surface area contributed by atoms with Gasteiger partial charge in [0, 0.05) is 29.7 Å². The normalized spacial score (nSPS) is 18.8. The Morgan fingerprint density at radius 1 is 1.26 bits per heavy atom. The number of aromatic nitrogens is 1. The van der Waals surface area contributed by atoms with Crippen LogP contribution in [0.5, 0.6) is 0 Å². The van der Waals surface area contributed by atoms with Gasteiger partial charge in [0.05, 0.1) is 0 Å². The van der Waals surface area contributed by atoms with Gasteiger partial charge in [0.25, 0.3) is 5.91 Å². The van der Waals surface area contributed by atoms with Crippen molar-refractivity contribution in [3.05, 3.63) is 59.4 Å². The largest absolute Gasteiger partial charge is 0.382 e. The van der Waals surface area contributed by atoms with E-state index in [2.05, 4.69) is 24.1 Å². The van der Waals surface area contributed by atoms with E-state index in [-0.39, 0.29) is 5.41 Å². The lowest BCUT2D eigenvalue weighted by molar-refractivity contribution is 0.0706. The number of carbonyl (C=O) groups is 1. The highest BCUT2D eigenvalue weighted by molar-refractivity contribution is 5.93. The van der Waals surface area contributed by atoms with Crippen LogP contribution in [-0.2, 0) is 11.8 Å². The Kier molecular flexibility index (Phi) is 4.05. The number of fused-ring (bicyclic) bond motifs is 1. The average Bonchev–Trinajstić information content (AvgIpc) is 2.54. The molecule has 1 aromatic heterocycles. The molecule has 5 nitrogen and oxygen atoms in total. The van der Waals surface area contributed by atoms with Crippen molar-refractivity contribution in [1.29, 1.82) is 0 Å². The summed E-state index contributed by atoms with van der Waals surface area (Å²) in [7, 11) is 0. The maximum atomic E-state index is 11.6. The first-order valence-electron chi connectivity index (χ1n) is 7.74. The minimum Gasteiger partial charge on any atom is -0.382 e. The van der Waals surface area contributed by atoms with Crippen molar-refractivity contribution in [2.45, 2.75) is 38.1 Å². The Bertz CT molecular complexity index is 713. The SMILES string of the molecule is CC1(C)CC(Nc2ccncc2)Cc2ccc(C(=O)NO)cc21. The zero-order valence-electron chi connectivity index (χ0n) is 13.3. The van der Waals surface area contributed by atoms with Crippen LogP contribution in [0.25, 0.3) is 0 Å². The van der Waals surface area contributed by atoms with Gasteiger partial charge in [0.2, 0.25) is 0 Å². The summed E-state index contributed by atoms with van der Waals surface area (Å²) in [5.41, 5.74) is 5.61. The van der Waals surface area contributed by atoms with Crippen molar-refractivity contribution in [1.82, 2.24) is 10.5 Å². The van der Waals surface area contributed by atoms with E-state index in [9.17, 15) is 4.79 Å². The van der Waals surface area contributed by atoms with Gasteiger partial charge in [-0.2, -0.15) is 0 Å². The predicted octanol–water partition coefficient (Wildman–Crippen LogP) is 2.91. The second-order valence-electron chi connectivity index (χ2n) is 6.68. The molecule has 3 rings (SSSR count). The van der Waals surface area contributed by atoms with Crippen LogP contribution >= 0.6 is 0 Å². The molecule has 1 amide bonds. The van der Waals surface area contributed by atoms with Crippen molar-refractivity contribution in [2.75, 3.05) is 5.32 Å². The molecule has 0 bridgehead atoms. The lowest BCUT2D eigenvalue weighted by atomic mass is 9.70. The third-order valence-corrected chi connectivity index (χ3v) is 4.48. The quantitative estimate of drug-likeness (QED) is 0.602. The van der Waals surface area contributed by atoms with Crippen molar-refractivity contribution < 1.29 is 10.0 Å². The third kappa shape index (κ3) is 3.19. The molecule has 1 aromatic carbocycles. The van der Waals surface area contributed by atoms with Gasteiger partial charge in [0.1, 0.15) is 0 Å². The van der Waals surface area contributed by atoms with Gasteiger partial charge in [-0.15, -0.1) is 0 Å². The van der Waals surface area contributed by atoms with Gasteiger partial charge in [-0.1, -0.05) is 19.9 Å². The number of anilines is 1.